The number of hydrogen-bond acceptors (Lipinski definition) is 4. The molecule has 0 aliphatic carbocycles. The van der Waals surface area contributed by atoms with Crippen molar-refractivity contribution in [3.05, 3.63) is 45.7 Å². The summed E-state index contributed by atoms with van der Waals surface area (Å²) in [7, 11) is 0. The van der Waals surface area contributed by atoms with Crippen molar-refractivity contribution in [1.29, 1.82) is 0 Å². The molecule has 1 N–H and O–H groups in total. The van der Waals surface area contributed by atoms with E-state index in [1.165, 1.54) is 23.9 Å². The first-order valence-corrected chi connectivity index (χ1v) is 8.24. The summed E-state index contributed by atoms with van der Waals surface area (Å²) >= 11 is 3.04. The van der Waals surface area contributed by atoms with Gasteiger partial charge in [-0.2, -0.15) is 0 Å². The molecule has 6 heteroatoms. The lowest BCUT2D eigenvalue weighted by atomic mass is 9.93. The second-order valence-electron chi connectivity index (χ2n) is 5.61. The lowest BCUT2D eigenvalue weighted by Crippen LogP contribution is -2.11. The van der Waals surface area contributed by atoms with E-state index in [0.717, 1.165) is 15.6 Å². The standard InChI is InChI=1S/C15H16FNO2S2/c1-15(2,3)12-7-21-13(17-12)8-20-9-4-5-11(16)10(6-9)14(18)19/h4-7H,8H2,1-3H3,(H,18,19). The topological polar surface area (TPSA) is 50.2 Å². The van der Waals surface area contributed by atoms with E-state index in [9.17, 15) is 9.18 Å². The Morgan fingerprint density at radius 3 is 2.71 bits per heavy atom. The maximum absolute atomic E-state index is 13.3. The summed E-state index contributed by atoms with van der Waals surface area (Å²) in [6.07, 6.45) is 0. The molecule has 0 spiro atoms. The summed E-state index contributed by atoms with van der Waals surface area (Å²) in [6.45, 7) is 6.33. The Kier molecular flexibility index (Phi) is 4.68. The van der Waals surface area contributed by atoms with Crippen LogP contribution in [-0.4, -0.2) is 16.1 Å². The van der Waals surface area contributed by atoms with Crippen molar-refractivity contribution in [1.82, 2.24) is 4.98 Å². The number of benzene rings is 1. The Morgan fingerprint density at radius 2 is 2.14 bits per heavy atom. The van der Waals surface area contributed by atoms with Crippen LogP contribution in [0.15, 0.2) is 28.5 Å². The number of rotatable bonds is 4. The van der Waals surface area contributed by atoms with E-state index in [4.69, 9.17) is 5.11 Å². The van der Waals surface area contributed by atoms with Crippen LogP contribution in [0.2, 0.25) is 0 Å². The molecule has 0 saturated carbocycles. The lowest BCUT2D eigenvalue weighted by molar-refractivity contribution is 0.0691. The van der Waals surface area contributed by atoms with Gasteiger partial charge in [-0.3, -0.25) is 0 Å². The van der Waals surface area contributed by atoms with Crippen LogP contribution in [0.4, 0.5) is 4.39 Å². The molecule has 0 saturated heterocycles. The highest BCUT2D eigenvalue weighted by Gasteiger charge is 2.17. The van der Waals surface area contributed by atoms with Gasteiger partial charge in [0.15, 0.2) is 0 Å². The third kappa shape index (κ3) is 4.04. The Bertz CT molecular complexity index is 662. The van der Waals surface area contributed by atoms with Crippen molar-refractivity contribution < 1.29 is 14.3 Å². The molecule has 3 nitrogen and oxygen atoms in total. The van der Waals surface area contributed by atoms with Crippen LogP contribution in [0, 0.1) is 5.82 Å². The SMILES string of the molecule is CC(C)(C)c1csc(CSc2ccc(F)c(C(=O)O)c2)n1. The van der Waals surface area contributed by atoms with E-state index in [-0.39, 0.29) is 11.0 Å². The quantitative estimate of drug-likeness (QED) is 0.837. The summed E-state index contributed by atoms with van der Waals surface area (Å²) in [6, 6.07) is 4.14. The van der Waals surface area contributed by atoms with Gasteiger partial charge in [0, 0.05) is 15.7 Å². The molecule has 0 radical (unpaired) electrons. The summed E-state index contributed by atoms with van der Waals surface area (Å²) in [5, 5.41) is 11.9. The molecule has 0 aliphatic heterocycles. The first kappa shape index (κ1) is 16.0. The van der Waals surface area contributed by atoms with Gasteiger partial charge in [0.2, 0.25) is 0 Å². The number of halogens is 1. The van der Waals surface area contributed by atoms with Crippen molar-refractivity contribution in [3.8, 4) is 0 Å². The molecule has 2 aromatic rings. The molecule has 1 aromatic carbocycles. The van der Waals surface area contributed by atoms with Gasteiger partial charge in [-0.1, -0.05) is 20.8 Å². The highest BCUT2D eigenvalue weighted by atomic mass is 32.2. The molecule has 0 unspecified atom stereocenters. The van der Waals surface area contributed by atoms with E-state index in [2.05, 4.69) is 25.8 Å². The normalized spacial score (nSPS) is 11.6. The predicted molar refractivity (Wildman–Crippen MR) is 83.7 cm³/mol. The van der Waals surface area contributed by atoms with Gasteiger partial charge in [-0.05, 0) is 18.2 Å². The van der Waals surface area contributed by atoms with Crippen molar-refractivity contribution in [3.63, 3.8) is 0 Å². The minimum absolute atomic E-state index is 0.0196. The fourth-order valence-corrected chi connectivity index (χ4v) is 3.60. The average molecular weight is 325 g/mol. The third-order valence-electron chi connectivity index (χ3n) is 2.85. The molecule has 0 bridgehead atoms. The Balaban J connectivity index is 2.08. The van der Waals surface area contributed by atoms with E-state index in [0.29, 0.717) is 5.75 Å². The zero-order valence-corrected chi connectivity index (χ0v) is 13.6. The van der Waals surface area contributed by atoms with E-state index in [1.807, 2.05) is 5.38 Å². The Hall–Kier alpha value is -1.40. The second kappa shape index (κ2) is 6.15. The number of carboxylic acids is 1. The molecule has 0 aliphatic rings. The predicted octanol–water partition coefficient (Wildman–Crippen LogP) is 4.57. The average Bonchev–Trinajstić information content (AvgIpc) is 2.86. The van der Waals surface area contributed by atoms with Crippen LogP contribution < -0.4 is 0 Å². The third-order valence-corrected chi connectivity index (χ3v) is 4.89. The number of aromatic nitrogens is 1. The maximum atomic E-state index is 13.3. The van der Waals surface area contributed by atoms with Crippen LogP contribution in [0.3, 0.4) is 0 Å². The minimum atomic E-state index is -1.25. The number of carboxylic acid groups (broad SMARTS) is 1. The molecule has 112 valence electrons. The highest BCUT2D eigenvalue weighted by Crippen LogP contribution is 2.29. The summed E-state index contributed by atoms with van der Waals surface area (Å²) < 4.78 is 13.3. The van der Waals surface area contributed by atoms with Crippen molar-refractivity contribution in [2.24, 2.45) is 0 Å². The number of thioether (sulfide) groups is 1. The van der Waals surface area contributed by atoms with Gasteiger partial charge >= 0.3 is 5.97 Å². The molecule has 2 rings (SSSR count). The fourth-order valence-electron chi connectivity index (χ4n) is 1.62. The van der Waals surface area contributed by atoms with Crippen molar-refractivity contribution in [2.45, 2.75) is 36.8 Å². The van der Waals surface area contributed by atoms with Crippen LogP contribution >= 0.6 is 23.1 Å². The number of aromatic carboxylic acids is 1. The molecular weight excluding hydrogens is 309 g/mol. The van der Waals surface area contributed by atoms with Gasteiger partial charge in [0.25, 0.3) is 0 Å². The summed E-state index contributed by atoms with van der Waals surface area (Å²) in [5.41, 5.74) is 0.772. The number of carbonyl (C=O) groups is 1. The van der Waals surface area contributed by atoms with Crippen LogP contribution in [0.5, 0.6) is 0 Å². The fraction of sp³-hybridized carbons (Fsp3) is 0.333. The maximum Gasteiger partial charge on any atom is 0.338 e. The van der Waals surface area contributed by atoms with Crippen LogP contribution in [0.1, 0.15) is 41.8 Å². The second-order valence-corrected chi connectivity index (χ2v) is 7.60. The van der Waals surface area contributed by atoms with Crippen LogP contribution in [-0.2, 0) is 11.2 Å². The summed E-state index contributed by atoms with van der Waals surface area (Å²) in [5.74, 6) is -1.32. The molecule has 1 heterocycles. The number of hydrogen-bond donors (Lipinski definition) is 1. The summed E-state index contributed by atoms with van der Waals surface area (Å²) in [4.78, 5) is 16.2. The lowest BCUT2D eigenvalue weighted by Gasteiger charge is -2.14. The zero-order chi connectivity index (χ0) is 15.6. The minimum Gasteiger partial charge on any atom is -0.478 e. The molecule has 0 atom stereocenters. The van der Waals surface area contributed by atoms with Gasteiger partial charge < -0.3 is 5.11 Å². The smallest absolute Gasteiger partial charge is 0.338 e. The molecule has 0 amide bonds. The van der Waals surface area contributed by atoms with Gasteiger partial charge in [0.05, 0.1) is 17.0 Å². The van der Waals surface area contributed by atoms with E-state index in [1.54, 1.807) is 17.4 Å². The van der Waals surface area contributed by atoms with Gasteiger partial charge in [0.1, 0.15) is 10.8 Å². The number of thiazole rings is 1. The van der Waals surface area contributed by atoms with Crippen molar-refractivity contribution >= 4 is 29.1 Å². The van der Waals surface area contributed by atoms with Gasteiger partial charge in [-0.15, -0.1) is 23.1 Å². The van der Waals surface area contributed by atoms with Gasteiger partial charge in [-0.25, -0.2) is 14.2 Å². The molecule has 21 heavy (non-hydrogen) atoms. The number of nitrogens with zero attached hydrogens (tertiary/aromatic N) is 1. The van der Waals surface area contributed by atoms with Crippen LogP contribution in [0.25, 0.3) is 0 Å². The van der Waals surface area contributed by atoms with E-state index >= 15 is 0 Å². The molecule has 1 aromatic heterocycles. The first-order valence-electron chi connectivity index (χ1n) is 6.38. The monoisotopic (exact) mass is 325 g/mol. The zero-order valence-electron chi connectivity index (χ0n) is 12.0. The molecular formula is C15H16FNO2S2. The Morgan fingerprint density at radius 1 is 1.43 bits per heavy atom. The first-order chi connectivity index (χ1) is 9.77. The Labute approximate surface area is 131 Å². The van der Waals surface area contributed by atoms with E-state index < -0.39 is 11.8 Å². The highest BCUT2D eigenvalue weighted by molar-refractivity contribution is 7.98. The largest absolute Gasteiger partial charge is 0.478 e. The molecule has 0 fully saturated rings. The van der Waals surface area contributed by atoms with Crippen molar-refractivity contribution in [2.75, 3.05) is 0 Å².